The molecular weight excluding hydrogens is 325 g/mol. The fraction of sp³-hybridized carbons (Fsp3) is 0.462. The van der Waals surface area contributed by atoms with E-state index < -0.39 is 34.1 Å². The van der Waals surface area contributed by atoms with Crippen LogP contribution in [0.4, 0.5) is 13.2 Å². The molecule has 0 spiro atoms. The molecule has 0 radical (unpaired) electrons. The Morgan fingerprint density at radius 3 is 2.27 bits per heavy atom. The number of ether oxygens (including phenoxy) is 1. The van der Waals surface area contributed by atoms with Crippen molar-refractivity contribution in [3.8, 4) is 0 Å². The minimum absolute atomic E-state index is 0.162. The molecule has 0 amide bonds. The van der Waals surface area contributed by atoms with Crippen LogP contribution in [0.2, 0.25) is 0 Å². The van der Waals surface area contributed by atoms with Crippen molar-refractivity contribution in [2.75, 3.05) is 5.75 Å². The zero-order valence-corrected chi connectivity index (χ0v) is 12.4. The number of hydrogen-bond donors (Lipinski definition) is 1. The van der Waals surface area contributed by atoms with E-state index in [-0.39, 0.29) is 12.8 Å². The van der Waals surface area contributed by atoms with Crippen molar-refractivity contribution in [3.05, 3.63) is 35.4 Å². The Bertz CT molecular complexity index is 608. The van der Waals surface area contributed by atoms with Crippen molar-refractivity contribution >= 4 is 16.1 Å². The lowest BCUT2D eigenvalue weighted by Crippen LogP contribution is -2.39. The molecule has 0 aliphatic rings. The van der Waals surface area contributed by atoms with Gasteiger partial charge in [0.25, 0.3) is 10.1 Å². The molecule has 1 N–H and O–H groups in total. The van der Waals surface area contributed by atoms with Crippen LogP contribution < -0.4 is 0 Å². The highest BCUT2D eigenvalue weighted by Crippen LogP contribution is 2.24. The summed E-state index contributed by atoms with van der Waals surface area (Å²) in [5.41, 5.74) is 1.73. The monoisotopic (exact) mass is 340 g/mol. The average Bonchev–Trinajstić information content (AvgIpc) is 2.34. The second kappa shape index (κ2) is 7.10. The summed E-state index contributed by atoms with van der Waals surface area (Å²) in [4.78, 5) is 11.4. The Labute approximate surface area is 125 Å². The Balaban J connectivity index is 2.61. The fourth-order valence-electron chi connectivity index (χ4n) is 1.61. The van der Waals surface area contributed by atoms with Crippen molar-refractivity contribution in [2.24, 2.45) is 0 Å². The standard InChI is InChI=1S/C13H15F3O5S/c1-9-2-4-10(5-3-9)6-7-12(17)21-11(13(14,15)16)8-22(18,19)20/h2-5,11H,6-8H2,1H3,(H,18,19,20). The fourth-order valence-corrected chi connectivity index (χ4v) is 2.24. The van der Waals surface area contributed by atoms with Gasteiger partial charge in [0.2, 0.25) is 6.10 Å². The van der Waals surface area contributed by atoms with E-state index in [0.717, 1.165) is 11.1 Å². The zero-order chi connectivity index (χ0) is 17.0. The molecule has 0 aliphatic heterocycles. The lowest BCUT2D eigenvalue weighted by Gasteiger charge is -2.19. The van der Waals surface area contributed by atoms with E-state index in [1.54, 1.807) is 24.3 Å². The van der Waals surface area contributed by atoms with Gasteiger partial charge < -0.3 is 4.74 Å². The summed E-state index contributed by atoms with van der Waals surface area (Å²) >= 11 is 0. The topological polar surface area (TPSA) is 80.7 Å². The summed E-state index contributed by atoms with van der Waals surface area (Å²) in [5, 5.41) is 0. The van der Waals surface area contributed by atoms with E-state index in [4.69, 9.17) is 4.55 Å². The molecule has 0 heterocycles. The molecule has 124 valence electrons. The smallest absolute Gasteiger partial charge is 0.426 e. The van der Waals surface area contributed by atoms with Crippen LogP contribution in [0, 0.1) is 6.92 Å². The molecule has 1 aromatic carbocycles. The lowest BCUT2D eigenvalue weighted by molar-refractivity contribution is -0.215. The first-order valence-electron chi connectivity index (χ1n) is 6.24. The normalized spacial score (nSPS) is 13.7. The molecule has 1 atom stereocenters. The van der Waals surface area contributed by atoms with Gasteiger partial charge in [0.1, 0.15) is 5.75 Å². The van der Waals surface area contributed by atoms with Crippen LogP contribution >= 0.6 is 0 Å². The van der Waals surface area contributed by atoms with Crippen LogP contribution in [0.5, 0.6) is 0 Å². The van der Waals surface area contributed by atoms with Gasteiger partial charge in [-0.1, -0.05) is 29.8 Å². The van der Waals surface area contributed by atoms with Crippen molar-refractivity contribution in [1.29, 1.82) is 0 Å². The summed E-state index contributed by atoms with van der Waals surface area (Å²) in [6, 6.07) is 7.03. The maximum Gasteiger partial charge on any atom is 0.426 e. The Morgan fingerprint density at radius 2 is 1.82 bits per heavy atom. The molecule has 22 heavy (non-hydrogen) atoms. The third kappa shape index (κ3) is 6.90. The Hall–Kier alpha value is -1.61. The number of carbonyl (C=O) groups is 1. The van der Waals surface area contributed by atoms with Gasteiger partial charge in [-0.05, 0) is 18.9 Å². The van der Waals surface area contributed by atoms with E-state index in [2.05, 4.69) is 4.74 Å². The molecule has 0 bridgehead atoms. The van der Waals surface area contributed by atoms with E-state index in [1.807, 2.05) is 6.92 Å². The van der Waals surface area contributed by atoms with Crippen molar-refractivity contribution in [2.45, 2.75) is 32.0 Å². The highest BCUT2D eigenvalue weighted by Gasteiger charge is 2.45. The predicted molar refractivity (Wildman–Crippen MR) is 71.9 cm³/mol. The van der Waals surface area contributed by atoms with Crippen LogP contribution in [-0.2, 0) is 26.1 Å². The predicted octanol–water partition coefficient (Wildman–Crippen LogP) is 2.29. The van der Waals surface area contributed by atoms with Gasteiger partial charge in [-0.2, -0.15) is 21.6 Å². The number of halogens is 3. The van der Waals surface area contributed by atoms with Crippen molar-refractivity contribution in [1.82, 2.24) is 0 Å². The number of benzene rings is 1. The number of carbonyl (C=O) groups excluding carboxylic acids is 1. The molecule has 1 rings (SSSR count). The molecular formula is C13H15F3O5S. The molecule has 0 aromatic heterocycles. The Morgan fingerprint density at radius 1 is 1.27 bits per heavy atom. The summed E-state index contributed by atoms with van der Waals surface area (Å²) in [6.45, 7) is 1.86. The number of rotatable bonds is 6. The highest BCUT2D eigenvalue weighted by atomic mass is 32.2. The van der Waals surface area contributed by atoms with Gasteiger partial charge >= 0.3 is 12.1 Å². The number of alkyl halides is 3. The van der Waals surface area contributed by atoms with Crippen molar-refractivity contribution in [3.63, 3.8) is 0 Å². The third-order valence-corrected chi connectivity index (χ3v) is 3.46. The zero-order valence-electron chi connectivity index (χ0n) is 11.6. The number of aryl methyl sites for hydroxylation is 2. The van der Waals surface area contributed by atoms with Crippen LogP contribution in [0.1, 0.15) is 17.5 Å². The van der Waals surface area contributed by atoms with Crippen LogP contribution in [0.25, 0.3) is 0 Å². The van der Waals surface area contributed by atoms with E-state index >= 15 is 0 Å². The van der Waals surface area contributed by atoms with Crippen molar-refractivity contribution < 1.29 is 35.7 Å². The lowest BCUT2D eigenvalue weighted by atomic mass is 10.1. The second-order valence-corrected chi connectivity index (χ2v) is 6.25. The maximum atomic E-state index is 12.6. The Kier molecular flexibility index (Phi) is 5.95. The molecule has 1 unspecified atom stereocenters. The first-order valence-corrected chi connectivity index (χ1v) is 7.85. The van der Waals surface area contributed by atoms with E-state index in [9.17, 15) is 26.4 Å². The minimum atomic E-state index is -5.07. The quantitative estimate of drug-likeness (QED) is 0.635. The summed E-state index contributed by atoms with van der Waals surface area (Å²) in [7, 11) is -4.92. The van der Waals surface area contributed by atoms with Crippen LogP contribution in [-0.4, -0.2) is 37.0 Å². The largest absolute Gasteiger partial charge is 0.451 e. The number of hydrogen-bond acceptors (Lipinski definition) is 4. The molecule has 0 saturated carbocycles. The first kappa shape index (κ1) is 18.4. The average molecular weight is 340 g/mol. The van der Waals surface area contributed by atoms with Crippen LogP contribution in [0.15, 0.2) is 24.3 Å². The summed E-state index contributed by atoms with van der Waals surface area (Å²) in [5.74, 6) is -2.90. The van der Waals surface area contributed by atoms with Gasteiger partial charge in [-0.25, -0.2) is 0 Å². The maximum absolute atomic E-state index is 12.6. The molecule has 5 nitrogen and oxygen atoms in total. The molecule has 0 aliphatic carbocycles. The highest BCUT2D eigenvalue weighted by molar-refractivity contribution is 7.85. The molecule has 1 aromatic rings. The molecule has 0 fully saturated rings. The number of esters is 1. The van der Waals surface area contributed by atoms with Gasteiger partial charge in [0, 0.05) is 6.42 Å². The summed E-state index contributed by atoms with van der Waals surface area (Å²) in [6.07, 6.45) is -8.13. The SMILES string of the molecule is Cc1ccc(CCC(=O)OC(CS(=O)(=O)O)C(F)(F)F)cc1. The van der Waals surface area contributed by atoms with Gasteiger partial charge in [0.15, 0.2) is 0 Å². The van der Waals surface area contributed by atoms with Gasteiger partial charge in [-0.15, -0.1) is 0 Å². The van der Waals surface area contributed by atoms with Gasteiger partial charge in [-0.3, -0.25) is 9.35 Å². The van der Waals surface area contributed by atoms with Crippen LogP contribution in [0.3, 0.4) is 0 Å². The molecule has 9 heteroatoms. The second-order valence-electron chi connectivity index (χ2n) is 4.75. The minimum Gasteiger partial charge on any atom is -0.451 e. The third-order valence-electron chi connectivity index (χ3n) is 2.74. The summed E-state index contributed by atoms with van der Waals surface area (Å²) < 4.78 is 71.4. The van der Waals surface area contributed by atoms with E-state index in [1.165, 1.54) is 0 Å². The van der Waals surface area contributed by atoms with Gasteiger partial charge in [0.05, 0.1) is 0 Å². The molecule has 0 saturated heterocycles. The first-order chi connectivity index (χ1) is 9.97. The van der Waals surface area contributed by atoms with E-state index in [0.29, 0.717) is 0 Å².